The highest BCUT2D eigenvalue weighted by Crippen LogP contribution is 2.45. The maximum atomic E-state index is 12.0. The predicted molar refractivity (Wildman–Crippen MR) is 57.6 cm³/mol. The van der Waals surface area contributed by atoms with Crippen molar-refractivity contribution in [1.29, 1.82) is 0 Å². The Balaban J connectivity index is 3.95. The Labute approximate surface area is 77.3 Å². The molecule has 0 rings (SSSR count). The van der Waals surface area contributed by atoms with Crippen LogP contribution in [0.3, 0.4) is 0 Å². The van der Waals surface area contributed by atoms with Crippen LogP contribution in [0.25, 0.3) is 0 Å². The Hall–Kier alpha value is 0.230. The average Bonchev–Trinajstić information content (AvgIpc) is 1.83. The van der Waals surface area contributed by atoms with Crippen LogP contribution in [0.1, 0.15) is 34.1 Å². The first kappa shape index (κ1) is 12.2. The van der Waals surface area contributed by atoms with Gasteiger partial charge < -0.3 is 4.57 Å². The normalized spacial score (nSPS) is 19.2. The van der Waals surface area contributed by atoms with Crippen molar-refractivity contribution in [2.45, 2.75) is 34.1 Å². The molecule has 2 atom stereocenters. The van der Waals surface area contributed by atoms with Gasteiger partial charge in [0.2, 0.25) is 0 Å². The number of hydrogen-bond donors (Lipinski definition) is 0. The van der Waals surface area contributed by atoms with Gasteiger partial charge in [0.1, 0.15) is 0 Å². The first-order chi connectivity index (χ1) is 5.37. The highest BCUT2D eigenvalue weighted by molar-refractivity contribution is 7.63. The van der Waals surface area contributed by atoms with Crippen LogP contribution >= 0.6 is 7.14 Å². The van der Waals surface area contributed by atoms with E-state index in [2.05, 4.69) is 27.7 Å². The predicted octanol–water partition coefficient (Wildman–Crippen LogP) is 3.68. The van der Waals surface area contributed by atoms with E-state index in [1.54, 1.807) is 0 Å². The van der Waals surface area contributed by atoms with Crippen molar-refractivity contribution in [3.8, 4) is 0 Å². The molecule has 0 saturated heterocycles. The third kappa shape index (κ3) is 5.83. The highest BCUT2D eigenvalue weighted by atomic mass is 31.2. The standard InChI is InChI=1S/C10H23OP/c1-6-10(4)8-12(5,11)7-9(2)3/h9-10H,6-8H2,1-5H3/t10-,12+/m1/s1. The summed E-state index contributed by atoms with van der Waals surface area (Å²) in [4.78, 5) is 0. The fourth-order valence-corrected chi connectivity index (χ4v) is 4.91. The molecule has 0 amide bonds. The maximum absolute atomic E-state index is 12.0. The minimum Gasteiger partial charge on any atom is -0.324 e. The smallest absolute Gasteiger partial charge is 0.0853 e. The van der Waals surface area contributed by atoms with Crippen LogP contribution in [-0.2, 0) is 4.57 Å². The summed E-state index contributed by atoms with van der Waals surface area (Å²) in [5.41, 5.74) is 0. The zero-order chi connectivity index (χ0) is 9.78. The quantitative estimate of drug-likeness (QED) is 0.604. The Morgan fingerprint density at radius 1 is 1.17 bits per heavy atom. The topological polar surface area (TPSA) is 17.1 Å². The third-order valence-corrected chi connectivity index (χ3v) is 5.04. The van der Waals surface area contributed by atoms with Crippen molar-refractivity contribution in [1.82, 2.24) is 0 Å². The molecule has 0 radical (unpaired) electrons. The molecule has 0 saturated carbocycles. The molecule has 0 fully saturated rings. The van der Waals surface area contributed by atoms with E-state index in [1.165, 1.54) is 0 Å². The van der Waals surface area contributed by atoms with Gasteiger partial charge in [-0.3, -0.25) is 0 Å². The molecular weight excluding hydrogens is 167 g/mol. The molecule has 0 bridgehead atoms. The Kier molecular flexibility index (Phi) is 5.16. The molecule has 0 aromatic heterocycles. The molecular formula is C10H23OP. The fraction of sp³-hybridized carbons (Fsp3) is 1.00. The Morgan fingerprint density at radius 2 is 1.67 bits per heavy atom. The largest absolute Gasteiger partial charge is 0.324 e. The van der Waals surface area contributed by atoms with Gasteiger partial charge in [-0.05, 0) is 18.5 Å². The van der Waals surface area contributed by atoms with Crippen molar-refractivity contribution in [2.24, 2.45) is 11.8 Å². The lowest BCUT2D eigenvalue weighted by molar-refractivity contribution is 0.549. The van der Waals surface area contributed by atoms with Crippen LogP contribution in [0, 0.1) is 11.8 Å². The van der Waals surface area contributed by atoms with E-state index in [0.29, 0.717) is 11.8 Å². The van der Waals surface area contributed by atoms with Gasteiger partial charge in [-0.15, -0.1) is 0 Å². The molecule has 1 nitrogen and oxygen atoms in total. The molecule has 0 aromatic rings. The van der Waals surface area contributed by atoms with Crippen LogP contribution in [-0.4, -0.2) is 19.0 Å². The number of rotatable bonds is 5. The minimum atomic E-state index is -1.82. The second kappa shape index (κ2) is 5.07. The van der Waals surface area contributed by atoms with Gasteiger partial charge in [-0.2, -0.15) is 0 Å². The summed E-state index contributed by atoms with van der Waals surface area (Å²) in [6.07, 6.45) is 2.99. The molecule has 0 N–H and O–H groups in total. The lowest BCUT2D eigenvalue weighted by Crippen LogP contribution is -2.06. The SMILES string of the molecule is CC[C@@H](C)C[P@@](C)(=O)CC(C)C. The van der Waals surface area contributed by atoms with Crippen molar-refractivity contribution < 1.29 is 4.57 Å². The molecule has 12 heavy (non-hydrogen) atoms. The fourth-order valence-electron chi connectivity index (χ4n) is 1.64. The molecule has 0 aliphatic heterocycles. The van der Waals surface area contributed by atoms with Gasteiger partial charge in [0, 0.05) is 12.3 Å². The van der Waals surface area contributed by atoms with Crippen LogP contribution in [0.2, 0.25) is 0 Å². The average molecular weight is 190 g/mol. The summed E-state index contributed by atoms with van der Waals surface area (Å²) < 4.78 is 12.0. The third-order valence-electron chi connectivity index (χ3n) is 2.15. The van der Waals surface area contributed by atoms with Crippen molar-refractivity contribution in [3.63, 3.8) is 0 Å². The maximum Gasteiger partial charge on any atom is 0.0853 e. The van der Waals surface area contributed by atoms with E-state index in [0.717, 1.165) is 18.7 Å². The minimum absolute atomic E-state index is 0.574. The van der Waals surface area contributed by atoms with E-state index in [4.69, 9.17) is 0 Å². The molecule has 0 heterocycles. The molecule has 2 heteroatoms. The molecule has 0 unspecified atom stereocenters. The summed E-state index contributed by atoms with van der Waals surface area (Å²) in [5.74, 6) is 1.20. The Bertz CT molecular complexity index is 163. The zero-order valence-electron chi connectivity index (χ0n) is 9.13. The molecule has 74 valence electrons. The van der Waals surface area contributed by atoms with Crippen LogP contribution < -0.4 is 0 Å². The lowest BCUT2D eigenvalue weighted by atomic mass is 10.2. The van der Waals surface area contributed by atoms with E-state index >= 15 is 0 Å². The van der Waals surface area contributed by atoms with Crippen molar-refractivity contribution in [3.05, 3.63) is 0 Å². The van der Waals surface area contributed by atoms with Gasteiger partial charge in [0.15, 0.2) is 0 Å². The van der Waals surface area contributed by atoms with E-state index < -0.39 is 7.14 Å². The first-order valence-electron chi connectivity index (χ1n) is 4.93. The summed E-state index contributed by atoms with van der Waals surface area (Å²) >= 11 is 0. The monoisotopic (exact) mass is 190 g/mol. The van der Waals surface area contributed by atoms with Gasteiger partial charge in [-0.1, -0.05) is 34.1 Å². The zero-order valence-corrected chi connectivity index (χ0v) is 10.0. The van der Waals surface area contributed by atoms with E-state index in [1.807, 2.05) is 6.66 Å². The summed E-state index contributed by atoms with van der Waals surface area (Å²) in [6, 6.07) is 0. The van der Waals surface area contributed by atoms with Gasteiger partial charge in [0.25, 0.3) is 0 Å². The van der Waals surface area contributed by atoms with Crippen molar-refractivity contribution in [2.75, 3.05) is 19.0 Å². The second-order valence-corrected chi connectivity index (χ2v) is 7.89. The first-order valence-corrected chi connectivity index (χ1v) is 7.45. The van der Waals surface area contributed by atoms with Gasteiger partial charge in [-0.25, -0.2) is 0 Å². The molecule has 0 aliphatic rings. The van der Waals surface area contributed by atoms with E-state index in [9.17, 15) is 4.57 Å². The summed E-state index contributed by atoms with van der Waals surface area (Å²) in [5, 5.41) is 0. The lowest BCUT2D eigenvalue weighted by Gasteiger charge is -2.18. The van der Waals surface area contributed by atoms with Gasteiger partial charge >= 0.3 is 0 Å². The Morgan fingerprint density at radius 3 is 2.00 bits per heavy atom. The summed E-state index contributed by atoms with van der Waals surface area (Å²) in [6.45, 7) is 10.6. The second-order valence-electron chi connectivity index (χ2n) is 4.57. The highest BCUT2D eigenvalue weighted by Gasteiger charge is 2.19. The summed E-state index contributed by atoms with van der Waals surface area (Å²) in [7, 11) is -1.82. The molecule has 0 aromatic carbocycles. The molecule has 0 spiro atoms. The molecule has 0 aliphatic carbocycles. The van der Waals surface area contributed by atoms with E-state index in [-0.39, 0.29) is 0 Å². The van der Waals surface area contributed by atoms with Crippen LogP contribution in [0.4, 0.5) is 0 Å². The number of hydrogen-bond acceptors (Lipinski definition) is 1. The van der Waals surface area contributed by atoms with Gasteiger partial charge in [0.05, 0.1) is 7.14 Å². The van der Waals surface area contributed by atoms with Crippen LogP contribution in [0.5, 0.6) is 0 Å². The van der Waals surface area contributed by atoms with Crippen LogP contribution in [0.15, 0.2) is 0 Å². The van der Waals surface area contributed by atoms with Crippen molar-refractivity contribution >= 4 is 7.14 Å².